The summed E-state index contributed by atoms with van der Waals surface area (Å²) in [6.45, 7) is 2.46. The Kier molecular flexibility index (Phi) is 5.55. The van der Waals surface area contributed by atoms with Crippen molar-refractivity contribution in [1.29, 1.82) is 0 Å². The third-order valence-electron chi connectivity index (χ3n) is 3.08. The van der Waals surface area contributed by atoms with Crippen LogP contribution in [0.5, 0.6) is 0 Å². The highest BCUT2D eigenvalue weighted by molar-refractivity contribution is 4.73. The molecule has 0 aliphatic carbocycles. The van der Waals surface area contributed by atoms with Crippen LogP contribution in [0.25, 0.3) is 0 Å². The Morgan fingerprint density at radius 2 is 2.06 bits per heavy atom. The van der Waals surface area contributed by atoms with Crippen LogP contribution in [-0.4, -0.2) is 42.4 Å². The van der Waals surface area contributed by atoms with Crippen molar-refractivity contribution in [2.45, 2.75) is 38.3 Å². The van der Waals surface area contributed by atoms with E-state index < -0.39 is 12.6 Å². The minimum atomic E-state index is -4.03. The molecule has 5 heteroatoms. The van der Waals surface area contributed by atoms with Crippen molar-refractivity contribution in [2.75, 3.05) is 26.2 Å². The maximum atomic E-state index is 12.0. The first kappa shape index (κ1) is 13.8. The number of hydrogen-bond acceptors (Lipinski definition) is 2. The van der Waals surface area contributed by atoms with E-state index in [1.165, 1.54) is 0 Å². The van der Waals surface area contributed by atoms with Crippen molar-refractivity contribution < 1.29 is 18.3 Å². The molecule has 1 N–H and O–H groups in total. The third-order valence-corrected chi connectivity index (χ3v) is 3.08. The van der Waals surface area contributed by atoms with Gasteiger partial charge in [0.2, 0.25) is 0 Å². The van der Waals surface area contributed by atoms with Crippen molar-refractivity contribution in [2.24, 2.45) is 5.92 Å². The highest BCUT2D eigenvalue weighted by atomic mass is 19.4. The second kappa shape index (κ2) is 6.45. The van der Waals surface area contributed by atoms with E-state index in [0.29, 0.717) is 12.5 Å². The van der Waals surface area contributed by atoms with Gasteiger partial charge in [-0.3, -0.25) is 0 Å². The number of alkyl halides is 3. The number of nitrogens with zero attached hydrogens (tertiary/aromatic N) is 1. The van der Waals surface area contributed by atoms with E-state index in [1.807, 2.05) is 0 Å². The van der Waals surface area contributed by atoms with E-state index in [9.17, 15) is 13.2 Å². The van der Waals surface area contributed by atoms with E-state index in [2.05, 4.69) is 4.90 Å². The quantitative estimate of drug-likeness (QED) is 0.796. The maximum absolute atomic E-state index is 12.0. The first-order valence-electron chi connectivity index (χ1n) is 5.91. The molecule has 1 aliphatic heterocycles. The molecule has 2 nitrogen and oxygen atoms in total. The Balaban J connectivity index is 2.16. The topological polar surface area (TPSA) is 23.5 Å². The minimum Gasteiger partial charge on any atom is -0.396 e. The van der Waals surface area contributed by atoms with Crippen molar-refractivity contribution in [1.82, 2.24) is 4.90 Å². The Hall–Kier alpha value is -0.290. The maximum Gasteiger partial charge on any atom is 0.389 e. The van der Waals surface area contributed by atoms with E-state index in [1.54, 1.807) is 0 Å². The smallest absolute Gasteiger partial charge is 0.389 e. The van der Waals surface area contributed by atoms with E-state index >= 15 is 0 Å². The number of aliphatic hydroxyl groups excluding tert-OH is 1. The average Bonchev–Trinajstić information content (AvgIpc) is 2.17. The zero-order valence-electron chi connectivity index (χ0n) is 9.47. The standard InChI is InChI=1S/C11H20F3NO/c12-11(13,14)5-2-7-15-6-1-3-10(9-15)4-8-16/h10,16H,1-9H2. The summed E-state index contributed by atoms with van der Waals surface area (Å²) in [5, 5.41) is 8.82. The van der Waals surface area contributed by atoms with Crippen LogP contribution < -0.4 is 0 Å². The first-order valence-corrected chi connectivity index (χ1v) is 5.91. The molecule has 0 aromatic rings. The van der Waals surface area contributed by atoms with Gasteiger partial charge in [-0.25, -0.2) is 0 Å². The predicted molar refractivity (Wildman–Crippen MR) is 56.2 cm³/mol. The molecule has 1 fully saturated rings. The molecular weight excluding hydrogens is 219 g/mol. The molecule has 1 atom stereocenters. The second-order valence-corrected chi connectivity index (χ2v) is 4.54. The highest BCUT2D eigenvalue weighted by Crippen LogP contribution is 2.23. The third kappa shape index (κ3) is 5.70. The normalized spacial score (nSPS) is 23.6. The Morgan fingerprint density at radius 1 is 1.31 bits per heavy atom. The summed E-state index contributed by atoms with van der Waals surface area (Å²) in [5.74, 6) is 0.463. The molecule has 1 aliphatic rings. The summed E-state index contributed by atoms with van der Waals surface area (Å²) < 4.78 is 35.9. The van der Waals surface area contributed by atoms with Gasteiger partial charge in [-0.15, -0.1) is 0 Å². The zero-order valence-corrected chi connectivity index (χ0v) is 9.47. The molecule has 0 amide bonds. The lowest BCUT2D eigenvalue weighted by Gasteiger charge is -2.32. The molecule has 96 valence electrons. The lowest BCUT2D eigenvalue weighted by Crippen LogP contribution is -2.36. The van der Waals surface area contributed by atoms with Crippen LogP contribution in [0.4, 0.5) is 13.2 Å². The fourth-order valence-corrected chi connectivity index (χ4v) is 2.28. The molecule has 0 spiro atoms. The summed E-state index contributed by atoms with van der Waals surface area (Å²) >= 11 is 0. The molecule has 0 radical (unpaired) electrons. The average molecular weight is 239 g/mol. The summed E-state index contributed by atoms with van der Waals surface area (Å²) in [6.07, 6.45) is -1.62. The molecule has 16 heavy (non-hydrogen) atoms. The lowest BCUT2D eigenvalue weighted by atomic mass is 9.95. The number of likely N-dealkylation sites (tertiary alicyclic amines) is 1. The van der Waals surface area contributed by atoms with Crippen LogP contribution in [0.2, 0.25) is 0 Å². The largest absolute Gasteiger partial charge is 0.396 e. The van der Waals surface area contributed by atoms with Gasteiger partial charge in [0.25, 0.3) is 0 Å². The Bertz CT molecular complexity index is 194. The van der Waals surface area contributed by atoms with E-state index in [0.717, 1.165) is 32.4 Å². The number of piperidine rings is 1. The molecule has 1 rings (SSSR count). The van der Waals surface area contributed by atoms with Gasteiger partial charge in [-0.1, -0.05) is 0 Å². The minimum absolute atomic E-state index is 0.182. The lowest BCUT2D eigenvalue weighted by molar-refractivity contribution is -0.136. The molecular formula is C11H20F3NO. The molecule has 0 saturated carbocycles. The molecule has 0 aromatic carbocycles. The summed E-state index contributed by atoms with van der Waals surface area (Å²) in [6, 6.07) is 0. The molecule has 1 heterocycles. The van der Waals surface area contributed by atoms with Gasteiger partial charge >= 0.3 is 6.18 Å². The van der Waals surface area contributed by atoms with E-state index in [-0.39, 0.29) is 13.0 Å². The van der Waals surface area contributed by atoms with E-state index in [4.69, 9.17) is 5.11 Å². The van der Waals surface area contributed by atoms with Crippen molar-refractivity contribution in [3.63, 3.8) is 0 Å². The van der Waals surface area contributed by atoms with Crippen molar-refractivity contribution >= 4 is 0 Å². The molecule has 0 aromatic heterocycles. The first-order chi connectivity index (χ1) is 7.51. The van der Waals surface area contributed by atoms with Crippen LogP contribution in [0.15, 0.2) is 0 Å². The second-order valence-electron chi connectivity index (χ2n) is 4.54. The van der Waals surface area contributed by atoms with Crippen LogP contribution >= 0.6 is 0 Å². The van der Waals surface area contributed by atoms with Crippen molar-refractivity contribution in [3.05, 3.63) is 0 Å². The fraction of sp³-hybridized carbons (Fsp3) is 1.00. The molecule has 1 saturated heterocycles. The SMILES string of the molecule is OCCC1CCCN(CCCC(F)(F)F)C1. The predicted octanol–water partition coefficient (Wildman–Crippen LogP) is 2.42. The van der Waals surface area contributed by atoms with Crippen LogP contribution in [-0.2, 0) is 0 Å². The number of aliphatic hydroxyl groups is 1. The van der Waals surface area contributed by atoms with Crippen molar-refractivity contribution in [3.8, 4) is 0 Å². The summed E-state index contributed by atoms with van der Waals surface area (Å²) in [5.41, 5.74) is 0. The van der Waals surface area contributed by atoms with Gasteiger partial charge in [0.05, 0.1) is 0 Å². The summed E-state index contributed by atoms with van der Waals surface area (Å²) in [7, 11) is 0. The highest BCUT2D eigenvalue weighted by Gasteiger charge is 2.27. The molecule has 1 unspecified atom stereocenters. The van der Waals surface area contributed by atoms with Gasteiger partial charge in [0.15, 0.2) is 0 Å². The van der Waals surface area contributed by atoms with Gasteiger partial charge < -0.3 is 10.0 Å². The monoisotopic (exact) mass is 239 g/mol. The van der Waals surface area contributed by atoms with Gasteiger partial charge in [-0.2, -0.15) is 13.2 Å². The number of hydrogen-bond donors (Lipinski definition) is 1. The van der Waals surface area contributed by atoms with Gasteiger partial charge in [-0.05, 0) is 44.7 Å². The fourth-order valence-electron chi connectivity index (χ4n) is 2.28. The van der Waals surface area contributed by atoms with Crippen LogP contribution in [0.3, 0.4) is 0 Å². The van der Waals surface area contributed by atoms with Gasteiger partial charge in [0.1, 0.15) is 0 Å². The number of rotatable bonds is 5. The summed E-state index contributed by atoms with van der Waals surface area (Å²) in [4.78, 5) is 2.09. The number of halogens is 3. The Labute approximate surface area is 94.4 Å². The Morgan fingerprint density at radius 3 is 2.69 bits per heavy atom. The van der Waals surface area contributed by atoms with Crippen LogP contribution in [0.1, 0.15) is 32.1 Å². The van der Waals surface area contributed by atoms with Gasteiger partial charge in [0, 0.05) is 19.6 Å². The molecule has 0 bridgehead atoms. The zero-order chi connectivity index (χ0) is 12.0. The van der Waals surface area contributed by atoms with Crippen LogP contribution in [0, 0.1) is 5.92 Å².